The minimum atomic E-state index is -0.356. The van der Waals surface area contributed by atoms with Crippen molar-refractivity contribution in [1.82, 2.24) is 10.2 Å². The zero-order chi connectivity index (χ0) is 23.1. The van der Waals surface area contributed by atoms with Gasteiger partial charge in [0.2, 0.25) is 5.13 Å². The number of furan rings is 1. The molecule has 3 aromatic rings. The second-order valence-electron chi connectivity index (χ2n) is 9.91. The van der Waals surface area contributed by atoms with Gasteiger partial charge in [-0.2, -0.15) is 0 Å². The van der Waals surface area contributed by atoms with Gasteiger partial charge in [0, 0.05) is 17.2 Å². The van der Waals surface area contributed by atoms with Crippen molar-refractivity contribution >= 4 is 34.0 Å². The van der Waals surface area contributed by atoms with E-state index in [1.807, 2.05) is 0 Å². The molecule has 2 heterocycles. The van der Waals surface area contributed by atoms with Gasteiger partial charge in [0.1, 0.15) is 10.8 Å². The van der Waals surface area contributed by atoms with Crippen molar-refractivity contribution < 1.29 is 18.7 Å². The van der Waals surface area contributed by atoms with Crippen molar-refractivity contribution in [2.24, 2.45) is 17.8 Å². The third-order valence-electron chi connectivity index (χ3n) is 7.37. The average molecular weight is 479 g/mol. The first-order valence-electron chi connectivity index (χ1n) is 11.8. The molecule has 1 aromatic carbocycles. The van der Waals surface area contributed by atoms with E-state index in [4.69, 9.17) is 9.15 Å². The lowest BCUT2D eigenvalue weighted by Gasteiger charge is -2.55. The van der Waals surface area contributed by atoms with Gasteiger partial charge in [-0.3, -0.25) is 14.9 Å². The Kier molecular flexibility index (Phi) is 5.36. The summed E-state index contributed by atoms with van der Waals surface area (Å²) in [5, 5.41) is 15.9. The highest BCUT2D eigenvalue weighted by atomic mass is 32.1. The van der Waals surface area contributed by atoms with Crippen molar-refractivity contribution in [3.63, 3.8) is 0 Å². The van der Waals surface area contributed by atoms with Gasteiger partial charge in [0.15, 0.2) is 12.4 Å². The molecule has 176 valence electrons. The number of nitrogens with zero attached hydrogens (tertiary/aromatic N) is 2. The van der Waals surface area contributed by atoms with Crippen LogP contribution in [0.25, 0.3) is 0 Å². The van der Waals surface area contributed by atoms with Crippen molar-refractivity contribution in [2.75, 3.05) is 17.2 Å². The van der Waals surface area contributed by atoms with Gasteiger partial charge < -0.3 is 14.5 Å². The molecule has 2 aromatic heterocycles. The smallest absolute Gasteiger partial charge is 0.291 e. The molecular formula is C25H26N4O4S. The van der Waals surface area contributed by atoms with Crippen LogP contribution in [0.1, 0.15) is 54.1 Å². The number of anilines is 2. The summed E-state index contributed by atoms with van der Waals surface area (Å²) in [6.45, 7) is -0.165. The third-order valence-corrected chi connectivity index (χ3v) is 8.46. The fourth-order valence-electron chi connectivity index (χ4n) is 6.43. The molecular weight excluding hydrogens is 452 g/mol. The van der Waals surface area contributed by atoms with Crippen LogP contribution in [0.4, 0.5) is 10.8 Å². The summed E-state index contributed by atoms with van der Waals surface area (Å²) >= 11 is 1.51. The second-order valence-corrected chi connectivity index (χ2v) is 10.9. The van der Waals surface area contributed by atoms with Crippen LogP contribution < -0.4 is 15.4 Å². The fraction of sp³-hybridized carbons (Fsp3) is 0.440. The Morgan fingerprint density at radius 3 is 2.50 bits per heavy atom. The van der Waals surface area contributed by atoms with Gasteiger partial charge in [-0.25, -0.2) is 0 Å². The Morgan fingerprint density at radius 2 is 1.79 bits per heavy atom. The minimum absolute atomic E-state index is 0.165. The number of amides is 2. The Hall–Kier alpha value is -3.20. The minimum Gasteiger partial charge on any atom is -0.484 e. The molecule has 4 bridgehead atoms. The van der Waals surface area contributed by atoms with E-state index in [1.54, 1.807) is 36.4 Å². The molecule has 7 rings (SSSR count). The zero-order valence-electron chi connectivity index (χ0n) is 18.7. The standard InChI is InChI=1S/C25H26N4O4S/c30-21(14-33-19-4-1-3-18(10-19)26-22(31)20-5-2-6-32-20)27-24-29-28-23(34-24)25-11-15-7-16(12-25)9-17(8-15)13-25/h1-6,10,15-17H,7-9,11-14H2,(H,26,31)(H,27,29,30). The van der Waals surface area contributed by atoms with Gasteiger partial charge in [0.05, 0.1) is 6.26 Å². The molecule has 9 heteroatoms. The highest BCUT2D eigenvalue weighted by Gasteiger charge is 2.53. The van der Waals surface area contributed by atoms with E-state index in [1.165, 1.54) is 56.1 Å². The fourth-order valence-corrected chi connectivity index (χ4v) is 7.41. The largest absolute Gasteiger partial charge is 0.484 e. The lowest BCUT2D eigenvalue weighted by atomic mass is 9.50. The van der Waals surface area contributed by atoms with Gasteiger partial charge in [0.25, 0.3) is 11.8 Å². The van der Waals surface area contributed by atoms with E-state index in [0.29, 0.717) is 16.6 Å². The second kappa shape index (κ2) is 8.54. The van der Waals surface area contributed by atoms with Crippen molar-refractivity contribution in [3.8, 4) is 5.75 Å². The molecule has 2 N–H and O–H groups in total. The maximum absolute atomic E-state index is 12.5. The first kappa shape index (κ1) is 21.3. The van der Waals surface area contributed by atoms with E-state index in [9.17, 15) is 9.59 Å². The molecule has 34 heavy (non-hydrogen) atoms. The van der Waals surface area contributed by atoms with Crippen LogP contribution in [0, 0.1) is 17.8 Å². The number of hydrogen-bond donors (Lipinski definition) is 2. The number of rotatable bonds is 7. The molecule has 0 saturated heterocycles. The molecule has 4 aliphatic carbocycles. The number of aromatic nitrogens is 2. The topological polar surface area (TPSA) is 106 Å². The molecule has 2 amide bonds. The molecule has 0 aliphatic heterocycles. The zero-order valence-corrected chi connectivity index (χ0v) is 19.5. The molecule has 4 fully saturated rings. The highest BCUT2D eigenvalue weighted by Crippen LogP contribution is 2.61. The summed E-state index contributed by atoms with van der Waals surface area (Å²) in [6, 6.07) is 10.1. The number of carbonyl (C=O) groups excluding carboxylic acids is 2. The van der Waals surface area contributed by atoms with E-state index < -0.39 is 0 Å². The lowest BCUT2D eigenvalue weighted by molar-refractivity contribution is -0.118. The maximum atomic E-state index is 12.5. The molecule has 4 aliphatic rings. The van der Waals surface area contributed by atoms with Crippen molar-refractivity contribution in [1.29, 1.82) is 0 Å². The summed E-state index contributed by atoms with van der Waals surface area (Å²) in [7, 11) is 0. The summed E-state index contributed by atoms with van der Waals surface area (Å²) in [5.74, 6) is 2.54. The predicted molar refractivity (Wildman–Crippen MR) is 127 cm³/mol. The normalized spacial score (nSPS) is 26.9. The Bertz CT molecular complexity index is 1170. The molecule has 0 spiro atoms. The average Bonchev–Trinajstić information content (AvgIpc) is 3.50. The number of carbonyl (C=O) groups is 2. The van der Waals surface area contributed by atoms with Gasteiger partial charge in [-0.05, 0) is 80.5 Å². The summed E-state index contributed by atoms with van der Waals surface area (Å²) < 4.78 is 10.7. The van der Waals surface area contributed by atoms with E-state index in [-0.39, 0.29) is 29.6 Å². The first-order valence-corrected chi connectivity index (χ1v) is 12.6. The van der Waals surface area contributed by atoms with E-state index in [0.717, 1.165) is 22.8 Å². The Balaban J connectivity index is 1.04. The first-order chi connectivity index (χ1) is 16.5. The Labute approximate surface area is 201 Å². The number of nitrogens with one attached hydrogen (secondary N) is 2. The van der Waals surface area contributed by atoms with E-state index in [2.05, 4.69) is 20.8 Å². The monoisotopic (exact) mass is 478 g/mol. The lowest BCUT2D eigenvalue weighted by Crippen LogP contribution is -2.48. The molecule has 8 nitrogen and oxygen atoms in total. The molecule has 0 radical (unpaired) electrons. The van der Waals surface area contributed by atoms with Crippen LogP contribution in [0.3, 0.4) is 0 Å². The van der Waals surface area contributed by atoms with Crippen LogP contribution in [0.5, 0.6) is 5.75 Å². The van der Waals surface area contributed by atoms with Crippen molar-refractivity contribution in [3.05, 3.63) is 53.4 Å². The maximum Gasteiger partial charge on any atom is 0.291 e. The van der Waals surface area contributed by atoms with Crippen LogP contribution in [-0.4, -0.2) is 28.6 Å². The summed E-state index contributed by atoms with van der Waals surface area (Å²) in [6.07, 6.45) is 9.25. The Morgan fingerprint density at radius 1 is 1.03 bits per heavy atom. The van der Waals surface area contributed by atoms with Crippen LogP contribution in [-0.2, 0) is 10.2 Å². The quantitative estimate of drug-likeness (QED) is 0.502. The number of ether oxygens (including phenoxy) is 1. The van der Waals surface area contributed by atoms with Crippen LogP contribution in [0.15, 0.2) is 47.1 Å². The molecule has 4 saturated carbocycles. The van der Waals surface area contributed by atoms with E-state index >= 15 is 0 Å². The van der Waals surface area contributed by atoms with Gasteiger partial charge in [-0.1, -0.05) is 17.4 Å². The van der Waals surface area contributed by atoms with Gasteiger partial charge in [-0.15, -0.1) is 10.2 Å². The molecule has 0 unspecified atom stereocenters. The van der Waals surface area contributed by atoms with Crippen LogP contribution in [0.2, 0.25) is 0 Å². The predicted octanol–water partition coefficient (Wildman–Crippen LogP) is 4.87. The third kappa shape index (κ3) is 4.20. The SMILES string of the molecule is O=C(COc1cccc(NC(=O)c2ccco2)c1)Nc1nnc(C23CC4CC(CC(C4)C2)C3)s1. The van der Waals surface area contributed by atoms with Crippen molar-refractivity contribution in [2.45, 2.75) is 43.9 Å². The van der Waals surface area contributed by atoms with Crippen LogP contribution >= 0.6 is 11.3 Å². The number of hydrogen-bond acceptors (Lipinski definition) is 7. The number of benzene rings is 1. The highest BCUT2D eigenvalue weighted by molar-refractivity contribution is 7.15. The summed E-state index contributed by atoms with van der Waals surface area (Å²) in [5.41, 5.74) is 0.718. The summed E-state index contributed by atoms with van der Waals surface area (Å²) in [4.78, 5) is 24.6. The molecule has 0 atom stereocenters. The van der Waals surface area contributed by atoms with Gasteiger partial charge >= 0.3 is 0 Å².